The summed E-state index contributed by atoms with van der Waals surface area (Å²) in [6.45, 7) is -0.482. The van der Waals surface area contributed by atoms with Crippen molar-refractivity contribution >= 4 is 28.4 Å². The Morgan fingerprint density at radius 1 is 1.67 bits per heavy atom. The van der Waals surface area contributed by atoms with Crippen LogP contribution in [0.15, 0.2) is 11.0 Å². The lowest BCUT2D eigenvalue weighted by Gasteiger charge is -2.16. The molecule has 1 fully saturated rings. The normalized spacial score (nSPS) is 31.6. The average molecular weight is 371 g/mol. The van der Waals surface area contributed by atoms with Gasteiger partial charge in [-0.25, -0.2) is 14.2 Å². The van der Waals surface area contributed by atoms with E-state index in [4.69, 9.17) is 9.84 Å². The number of aromatic nitrogens is 2. The maximum atomic E-state index is 13.7. The molecular weight excluding hydrogens is 360 g/mol. The van der Waals surface area contributed by atoms with Crippen LogP contribution in [0.5, 0.6) is 0 Å². The Morgan fingerprint density at radius 3 is 3.00 bits per heavy atom. The zero-order valence-electron chi connectivity index (χ0n) is 9.01. The van der Waals surface area contributed by atoms with Crippen molar-refractivity contribution in [3.05, 3.63) is 20.3 Å². The van der Waals surface area contributed by atoms with Gasteiger partial charge in [-0.2, -0.15) is 0 Å². The number of hydrogen-bond acceptors (Lipinski definition) is 6. The van der Waals surface area contributed by atoms with Gasteiger partial charge in [-0.3, -0.25) is 4.98 Å². The summed E-state index contributed by atoms with van der Waals surface area (Å²) in [4.78, 5) is 16.9. The molecule has 0 spiro atoms. The number of ether oxygens (including phenoxy) is 1. The van der Waals surface area contributed by atoms with Gasteiger partial charge in [0.2, 0.25) is 0 Å². The SMILES string of the molecule is O=c1ncc(I)c(N[C@H]2O[C@H](CO)[C@@H](O)[C@@H]2F)[nH]1. The number of nitrogens with zero attached hydrogens (tertiary/aromatic N) is 1. The Hall–Kier alpha value is -0.780. The summed E-state index contributed by atoms with van der Waals surface area (Å²) in [7, 11) is 0. The molecule has 0 unspecified atom stereocenters. The average Bonchev–Trinajstić information content (AvgIpc) is 2.62. The number of aliphatic hydroxyl groups is 2. The molecule has 1 saturated heterocycles. The molecule has 0 aromatic carbocycles. The summed E-state index contributed by atoms with van der Waals surface area (Å²) < 4.78 is 19.4. The number of anilines is 1. The number of alkyl halides is 1. The summed E-state index contributed by atoms with van der Waals surface area (Å²) in [5.41, 5.74) is -0.578. The standard InChI is InChI=1S/C9H11FIN3O4/c10-5-6(16)4(2-15)18-8(5)13-7-3(11)1-12-9(17)14-7/h1,4-6,8,15-16H,2H2,(H2,12,13,14,17)/t4-,5+,6-,8+/m1/s1. The van der Waals surface area contributed by atoms with E-state index in [-0.39, 0.29) is 5.82 Å². The van der Waals surface area contributed by atoms with Crippen LogP contribution in [0.2, 0.25) is 0 Å². The molecule has 100 valence electrons. The van der Waals surface area contributed by atoms with Gasteiger partial charge in [-0.1, -0.05) is 0 Å². The molecule has 0 aliphatic carbocycles. The van der Waals surface area contributed by atoms with Gasteiger partial charge in [0.1, 0.15) is 18.0 Å². The van der Waals surface area contributed by atoms with Gasteiger partial charge in [0.05, 0.1) is 10.2 Å². The number of aliphatic hydroxyl groups excluding tert-OH is 2. The number of aromatic amines is 1. The van der Waals surface area contributed by atoms with Gasteiger partial charge in [-0.05, 0) is 22.6 Å². The van der Waals surface area contributed by atoms with Gasteiger partial charge < -0.3 is 20.3 Å². The van der Waals surface area contributed by atoms with Crippen LogP contribution in [0.1, 0.15) is 0 Å². The van der Waals surface area contributed by atoms with Crippen molar-refractivity contribution in [1.82, 2.24) is 9.97 Å². The van der Waals surface area contributed by atoms with Crippen LogP contribution in [0.25, 0.3) is 0 Å². The molecule has 9 heteroatoms. The number of halogens is 2. The number of nitrogens with one attached hydrogen (secondary N) is 2. The quantitative estimate of drug-likeness (QED) is 0.519. The van der Waals surface area contributed by atoms with Gasteiger partial charge in [0, 0.05) is 6.20 Å². The fraction of sp³-hybridized carbons (Fsp3) is 0.556. The largest absolute Gasteiger partial charge is 0.394 e. The molecule has 7 nitrogen and oxygen atoms in total. The minimum absolute atomic E-state index is 0.258. The third kappa shape index (κ3) is 2.63. The Kier molecular flexibility index (Phi) is 4.14. The van der Waals surface area contributed by atoms with Gasteiger partial charge in [0.25, 0.3) is 0 Å². The fourth-order valence-corrected chi connectivity index (χ4v) is 2.05. The van der Waals surface area contributed by atoms with E-state index in [0.717, 1.165) is 0 Å². The molecule has 1 aliphatic rings. The Morgan fingerprint density at radius 2 is 2.39 bits per heavy atom. The Balaban J connectivity index is 2.15. The lowest BCUT2D eigenvalue weighted by Crippen LogP contribution is -2.34. The Labute approximate surface area is 115 Å². The predicted octanol–water partition coefficient (Wildman–Crippen LogP) is -0.797. The molecule has 0 amide bonds. The van der Waals surface area contributed by atoms with Gasteiger partial charge in [0.15, 0.2) is 12.4 Å². The molecule has 0 radical (unpaired) electrons. The van der Waals surface area contributed by atoms with Crippen LogP contribution in [0.4, 0.5) is 10.2 Å². The van der Waals surface area contributed by atoms with E-state index >= 15 is 0 Å². The van der Waals surface area contributed by atoms with E-state index in [9.17, 15) is 14.3 Å². The van der Waals surface area contributed by atoms with E-state index in [0.29, 0.717) is 3.57 Å². The molecule has 2 heterocycles. The maximum absolute atomic E-state index is 13.7. The van der Waals surface area contributed by atoms with Crippen LogP contribution in [-0.4, -0.2) is 51.4 Å². The summed E-state index contributed by atoms with van der Waals surface area (Å²) in [5, 5.41) is 21.0. The van der Waals surface area contributed by atoms with Crippen molar-refractivity contribution < 1.29 is 19.3 Å². The second-order valence-electron chi connectivity index (χ2n) is 3.77. The third-order valence-electron chi connectivity index (χ3n) is 2.55. The van der Waals surface area contributed by atoms with Crippen molar-refractivity contribution in [3.8, 4) is 0 Å². The first kappa shape index (κ1) is 13.6. The highest BCUT2D eigenvalue weighted by Crippen LogP contribution is 2.25. The topological polar surface area (TPSA) is 107 Å². The van der Waals surface area contributed by atoms with Crippen molar-refractivity contribution in [2.75, 3.05) is 11.9 Å². The summed E-state index contributed by atoms with van der Waals surface area (Å²) >= 11 is 1.91. The first-order valence-electron chi connectivity index (χ1n) is 5.12. The molecule has 2 rings (SSSR count). The molecular formula is C9H11FIN3O4. The van der Waals surface area contributed by atoms with Crippen LogP contribution in [0.3, 0.4) is 0 Å². The highest BCUT2D eigenvalue weighted by atomic mass is 127. The minimum Gasteiger partial charge on any atom is -0.394 e. The zero-order valence-corrected chi connectivity index (χ0v) is 11.2. The first-order chi connectivity index (χ1) is 8.52. The molecule has 0 bridgehead atoms. The summed E-state index contributed by atoms with van der Waals surface area (Å²) in [6, 6.07) is 0. The van der Waals surface area contributed by atoms with E-state index in [1.54, 1.807) is 0 Å². The number of hydrogen-bond donors (Lipinski definition) is 4. The highest BCUT2D eigenvalue weighted by Gasteiger charge is 2.44. The fourth-order valence-electron chi connectivity index (χ4n) is 1.62. The highest BCUT2D eigenvalue weighted by molar-refractivity contribution is 14.1. The van der Waals surface area contributed by atoms with E-state index in [2.05, 4.69) is 15.3 Å². The zero-order chi connectivity index (χ0) is 13.3. The van der Waals surface area contributed by atoms with E-state index in [1.807, 2.05) is 22.6 Å². The summed E-state index contributed by atoms with van der Waals surface area (Å²) in [5.74, 6) is 0.258. The molecule has 0 saturated carbocycles. The van der Waals surface area contributed by atoms with Crippen LogP contribution < -0.4 is 11.0 Å². The number of H-pyrrole nitrogens is 1. The first-order valence-corrected chi connectivity index (χ1v) is 6.20. The molecule has 4 N–H and O–H groups in total. The van der Waals surface area contributed by atoms with Gasteiger partial charge >= 0.3 is 5.69 Å². The second-order valence-corrected chi connectivity index (χ2v) is 4.93. The Bertz CT molecular complexity index is 485. The second kappa shape index (κ2) is 5.47. The van der Waals surface area contributed by atoms with Crippen molar-refractivity contribution in [3.63, 3.8) is 0 Å². The van der Waals surface area contributed by atoms with Crippen LogP contribution >= 0.6 is 22.6 Å². The molecule has 1 aliphatic heterocycles. The predicted molar refractivity (Wildman–Crippen MR) is 67.8 cm³/mol. The van der Waals surface area contributed by atoms with Crippen molar-refractivity contribution in [2.24, 2.45) is 0 Å². The lowest BCUT2D eigenvalue weighted by atomic mass is 10.1. The molecule has 18 heavy (non-hydrogen) atoms. The third-order valence-corrected chi connectivity index (χ3v) is 3.37. The maximum Gasteiger partial charge on any atom is 0.346 e. The van der Waals surface area contributed by atoms with E-state index < -0.39 is 36.9 Å². The van der Waals surface area contributed by atoms with Crippen molar-refractivity contribution in [1.29, 1.82) is 0 Å². The lowest BCUT2D eigenvalue weighted by molar-refractivity contribution is -0.0151. The van der Waals surface area contributed by atoms with Gasteiger partial charge in [-0.15, -0.1) is 0 Å². The van der Waals surface area contributed by atoms with E-state index in [1.165, 1.54) is 6.20 Å². The minimum atomic E-state index is -1.70. The molecule has 1 aromatic heterocycles. The monoisotopic (exact) mass is 371 g/mol. The molecule has 1 aromatic rings. The van der Waals surface area contributed by atoms with Crippen LogP contribution in [0, 0.1) is 3.57 Å². The summed E-state index contributed by atoms with van der Waals surface area (Å²) in [6.07, 6.45) is -3.90. The smallest absolute Gasteiger partial charge is 0.346 e. The van der Waals surface area contributed by atoms with Crippen LogP contribution in [-0.2, 0) is 4.74 Å². The van der Waals surface area contributed by atoms with Crippen molar-refractivity contribution in [2.45, 2.75) is 24.6 Å². The number of rotatable bonds is 3. The molecule has 4 atom stereocenters.